The highest BCUT2D eigenvalue weighted by molar-refractivity contribution is 5.79. The normalized spacial score (nSPS) is 15.2. The zero-order valence-corrected chi connectivity index (χ0v) is 8.42. The number of hydrogen-bond acceptors (Lipinski definition) is 1. The molecule has 1 aliphatic rings. The lowest BCUT2D eigenvalue weighted by molar-refractivity contribution is -0.120. The van der Waals surface area contributed by atoms with Gasteiger partial charge in [0.25, 0.3) is 0 Å². The smallest absolute Gasteiger partial charge is 0.224 e. The van der Waals surface area contributed by atoms with E-state index in [1.165, 1.54) is 5.56 Å². The van der Waals surface area contributed by atoms with Crippen molar-refractivity contribution in [1.82, 2.24) is 5.32 Å². The minimum Gasteiger partial charge on any atom is -0.353 e. The highest BCUT2D eigenvalue weighted by atomic mass is 16.1. The molecule has 1 saturated carbocycles. The Hall–Kier alpha value is -1.31. The second-order valence-corrected chi connectivity index (χ2v) is 4.00. The molecular formula is C12H15NO. The number of rotatable bonds is 3. The van der Waals surface area contributed by atoms with Gasteiger partial charge in [-0.25, -0.2) is 0 Å². The van der Waals surface area contributed by atoms with Crippen LogP contribution in [-0.4, -0.2) is 11.9 Å². The summed E-state index contributed by atoms with van der Waals surface area (Å²) in [5.74, 6) is 0.149. The standard InChI is InChI=1S/C12H15NO/c1-9-2-4-10(5-3-9)8-12(14)13-11-6-7-11/h2-5,11H,6-8H2,1H3,(H,13,14). The molecule has 1 aromatic rings. The molecule has 2 nitrogen and oxygen atoms in total. The van der Waals surface area contributed by atoms with Crippen molar-refractivity contribution in [3.8, 4) is 0 Å². The van der Waals surface area contributed by atoms with Crippen LogP contribution >= 0.6 is 0 Å². The van der Waals surface area contributed by atoms with E-state index in [0.717, 1.165) is 18.4 Å². The molecule has 2 rings (SSSR count). The lowest BCUT2D eigenvalue weighted by Crippen LogP contribution is -2.26. The molecule has 2 heteroatoms. The number of hydrogen-bond donors (Lipinski definition) is 1. The summed E-state index contributed by atoms with van der Waals surface area (Å²) in [7, 11) is 0. The predicted octanol–water partition coefficient (Wildman–Crippen LogP) is 1.82. The van der Waals surface area contributed by atoms with Gasteiger partial charge in [0.05, 0.1) is 6.42 Å². The van der Waals surface area contributed by atoms with Gasteiger partial charge in [-0.05, 0) is 25.3 Å². The molecule has 0 bridgehead atoms. The molecule has 1 amide bonds. The van der Waals surface area contributed by atoms with Crippen LogP contribution in [-0.2, 0) is 11.2 Å². The van der Waals surface area contributed by atoms with E-state index in [1.807, 2.05) is 31.2 Å². The van der Waals surface area contributed by atoms with Crippen LogP contribution in [0.15, 0.2) is 24.3 Å². The fourth-order valence-electron chi connectivity index (χ4n) is 1.40. The third-order valence-corrected chi connectivity index (χ3v) is 2.43. The van der Waals surface area contributed by atoms with Crippen LogP contribution in [0.1, 0.15) is 24.0 Å². The van der Waals surface area contributed by atoms with Crippen LogP contribution in [0.4, 0.5) is 0 Å². The molecule has 0 unspecified atom stereocenters. The van der Waals surface area contributed by atoms with Crippen LogP contribution in [0.2, 0.25) is 0 Å². The van der Waals surface area contributed by atoms with Gasteiger partial charge in [-0.2, -0.15) is 0 Å². The lowest BCUT2D eigenvalue weighted by Gasteiger charge is -2.03. The Balaban J connectivity index is 1.89. The SMILES string of the molecule is Cc1ccc(CC(=O)NC2CC2)cc1. The van der Waals surface area contributed by atoms with E-state index >= 15 is 0 Å². The highest BCUT2D eigenvalue weighted by Gasteiger charge is 2.22. The van der Waals surface area contributed by atoms with Crippen molar-refractivity contribution in [1.29, 1.82) is 0 Å². The first-order valence-electron chi connectivity index (χ1n) is 5.09. The summed E-state index contributed by atoms with van der Waals surface area (Å²) in [4.78, 5) is 11.4. The van der Waals surface area contributed by atoms with E-state index in [4.69, 9.17) is 0 Å². The first-order chi connectivity index (χ1) is 6.74. The van der Waals surface area contributed by atoms with Gasteiger partial charge in [0.15, 0.2) is 0 Å². The summed E-state index contributed by atoms with van der Waals surface area (Å²) in [6.45, 7) is 2.05. The zero-order chi connectivity index (χ0) is 9.97. The van der Waals surface area contributed by atoms with E-state index in [-0.39, 0.29) is 5.91 Å². The van der Waals surface area contributed by atoms with Crippen LogP contribution < -0.4 is 5.32 Å². The number of nitrogens with one attached hydrogen (secondary N) is 1. The van der Waals surface area contributed by atoms with Crippen molar-refractivity contribution in [2.45, 2.75) is 32.2 Å². The van der Waals surface area contributed by atoms with Crippen molar-refractivity contribution < 1.29 is 4.79 Å². The van der Waals surface area contributed by atoms with Crippen molar-refractivity contribution >= 4 is 5.91 Å². The molecule has 0 aliphatic heterocycles. The van der Waals surface area contributed by atoms with Crippen molar-refractivity contribution in [3.63, 3.8) is 0 Å². The fourth-order valence-corrected chi connectivity index (χ4v) is 1.40. The quantitative estimate of drug-likeness (QED) is 0.772. The Labute approximate surface area is 84.3 Å². The molecule has 0 heterocycles. The summed E-state index contributed by atoms with van der Waals surface area (Å²) in [6.07, 6.45) is 2.82. The number of carbonyl (C=O) groups excluding carboxylic acids is 1. The first-order valence-corrected chi connectivity index (χ1v) is 5.09. The van der Waals surface area contributed by atoms with Crippen LogP contribution in [0, 0.1) is 6.92 Å². The minimum absolute atomic E-state index is 0.149. The van der Waals surface area contributed by atoms with E-state index < -0.39 is 0 Å². The third-order valence-electron chi connectivity index (χ3n) is 2.43. The molecule has 0 atom stereocenters. The predicted molar refractivity (Wildman–Crippen MR) is 56.0 cm³/mol. The summed E-state index contributed by atoms with van der Waals surface area (Å²) in [6, 6.07) is 8.58. The number of aryl methyl sites for hydroxylation is 1. The van der Waals surface area contributed by atoms with Crippen LogP contribution in [0.5, 0.6) is 0 Å². The van der Waals surface area contributed by atoms with Gasteiger partial charge in [-0.15, -0.1) is 0 Å². The second-order valence-electron chi connectivity index (χ2n) is 4.00. The maximum Gasteiger partial charge on any atom is 0.224 e. The van der Waals surface area contributed by atoms with Gasteiger partial charge in [0, 0.05) is 6.04 Å². The summed E-state index contributed by atoms with van der Waals surface area (Å²) >= 11 is 0. The molecule has 14 heavy (non-hydrogen) atoms. The topological polar surface area (TPSA) is 29.1 Å². The molecule has 74 valence electrons. The Morgan fingerprint density at radius 3 is 2.57 bits per heavy atom. The van der Waals surface area contributed by atoms with E-state index in [0.29, 0.717) is 12.5 Å². The van der Waals surface area contributed by atoms with Crippen molar-refractivity contribution in [2.24, 2.45) is 0 Å². The summed E-state index contributed by atoms with van der Waals surface area (Å²) < 4.78 is 0. The monoisotopic (exact) mass is 189 g/mol. The van der Waals surface area contributed by atoms with Gasteiger partial charge in [0.1, 0.15) is 0 Å². The Bertz CT molecular complexity index is 325. The lowest BCUT2D eigenvalue weighted by atomic mass is 10.1. The van der Waals surface area contributed by atoms with Gasteiger partial charge in [-0.3, -0.25) is 4.79 Å². The Kier molecular flexibility index (Phi) is 2.53. The largest absolute Gasteiger partial charge is 0.353 e. The number of carbonyl (C=O) groups is 1. The molecule has 0 aromatic heterocycles. The van der Waals surface area contributed by atoms with Gasteiger partial charge in [-0.1, -0.05) is 29.8 Å². The van der Waals surface area contributed by atoms with E-state index in [9.17, 15) is 4.79 Å². The maximum absolute atomic E-state index is 11.4. The first kappa shape index (κ1) is 9.25. The highest BCUT2D eigenvalue weighted by Crippen LogP contribution is 2.18. The van der Waals surface area contributed by atoms with E-state index in [1.54, 1.807) is 0 Å². The maximum atomic E-state index is 11.4. The van der Waals surface area contributed by atoms with Crippen molar-refractivity contribution in [3.05, 3.63) is 35.4 Å². The zero-order valence-electron chi connectivity index (χ0n) is 8.42. The molecular weight excluding hydrogens is 174 g/mol. The van der Waals surface area contributed by atoms with Crippen LogP contribution in [0.3, 0.4) is 0 Å². The number of amides is 1. The van der Waals surface area contributed by atoms with Gasteiger partial charge in [0.2, 0.25) is 5.91 Å². The Morgan fingerprint density at radius 2 is 2.00 bits per heavy atom. The summed E-state index contributed by atoms with van der Waals surface area (Å²) in [5.41, 5.74) is 2.32. The Morgan fingerprint density at radius 1 is 1.36 bits per heavy atom. The van der Waals surface area contributed by atoms with Gasteiger partial charge >= 0.3 is 0 Å². The second kappa shape index (κ2) is 3.82. The van der Waals surface area contributed by atoms with Gasteiger partial charge < -0.3 is 5.32 Å². The van der Waals surface area contributed by atoms with Crippen molar-refractivity contribution in [2.75, 3.05) is 0 Å². The number of benzene rings is 1. The molecule has 0 saturated heterocycles. The molecule has 1 aromatic carbocycles. The minimum atomic E-state index is 0.149. The van der Waals surface area contributed by atoms with E-state index in [2.05, 4.69) is 5.32 Å². The summed E-state index contributed by atoms with van der Waals surface area (Å²) in [5, 5.41) is 2.98. The van der Waals surface area contributed by atoms with Crippen LogP contribution in [0.25, 0.3) is 0 Å². The molecule has 0 radical (unpaired) electrons. The average molecular weight is 189 g/mol. The molecule has 1 N–H and O–H groups in total. The molecule has 1 fully saturated rings. The average Bonchev–Trinajstić information content (AvgIpc) is 2.93. The molecule has 1 aliphatic carbocycles. The molecule has 0 spiro atoms. The fraction of sp³-hybridized carbons (Fsp3) is 0.417. The third kappa shape index (κ3) is 2.59.